The normalized spacial score (nSPS) is 11.9. The Morgan fingerprint density at radius 1 is 0.633 bits per heavy atom. The monoisotopic (exact) mass is 1220 g/mol. The van der Waals surface area contributed by atoms with E-state index >= 15 is 0 Å². The fourth-order valence-electron chi connectivity index (χ4n) is 6.24. The maximum absolute atomic E-state index is 11.3. The third-order valence-electron chi connectivity index (χ3n) is 10.3. The number of methoxy groups -OCH3 is 1. The molecule has 2 aliphatic heterocycles. The van der Waals surface area contributed by atoms with Crippen LogP contribution in [-0.2, 0) is 30.0 Å². The first-order valence-corrected chi connectivity index (χ1v) is 29.6. The largest absolute Gasteiger partial charge is 2.00 e. The molecule has 0 saturated heterocycles. The van der Waals surface area contributed by atoms with Crippen molar-refractivity contribution in [3.63, 3.8) is 0 Å². The number of carbonyl (C=O) groups is 4. The van der Waals surface area contributed by atoms with E-state index in [1.807, 2.05) is 103 Å². The van der Waals surface area contributed by atoms with Crippen LogP contribution in [-0.4, -0.2) is 126 Å². The van der Waals surface area contributed by atoms with E-state index in [1.54, 1.807) is 32.9 Å². The van der Waals surface area contributed by atoms with Crippen molar-refractivity contribution < 1.29 is 75.3 Å². The summed E-state index contributed by atoms with van der Waals surface area (Å²) in [7, 11) is 17.2. The number of hydrogen-bond donors (Lipinski definition) is 3. The number of rotatable bonds is 13. The predicted molar refractivity (Wildman–Crippen MR) is 322 cm³/mol. The average molecular weight is 1230 g/mol. The molecule has 5 aromatic carbocycles. The zero-order chi connectivity index (χ0) is 56.9. The second-order valence-corrected chi connectivity index (χ2v) is 24.9. The summed E-state index contributed by atoms with van der Waals surface area (Å²) in [5.41, 5.74) is 3.02. The Morgan fingerprint density at radius 2 is 0.987 bits per heavy atom. The Balaban J connectivity index is -0.000000274. The number of carbonyl (C=O) groups excluding carboxylic acids is 3. The van der Waals surface area contributed by atoms with E-state index in [1.165, 1.54) is 19.6 Å². The van der Waals surface area contributed by atoms with Gasteiger partial charge in [0.25, 0.3) is 0 Å². The molecule has 0 aliphatic carbocycles. The first kappa shape index (κ1) is 83.9. The zero-order valence-electron chi connectivity index (χ0n) is 46.9. The fraction of sp³-hybridized carbons (Fsp3) is 0.407. The van der Waals surface area contributed by atoms with Gasteiger partial charge in [-0.3, -0.25) is 19.2 Å². The number of para-hydroxylation sites is 4. The molecule has 0 spiro atoms. The number of hydrogen-bond acceptors (Lipinski definition) is 12. The van der Waals surface area contributed by atoms with Gasteiger partial charge in [0.1, 0.15) is 28.7 Å². The number of carboxylic acids is 1. The van der Waals surface area contributed by atoms with Crippen molar-refractivity contribution in [2.45, 2.75) is 111 Å². The van der Waals surface area contributed by atoms with Crippen molar-refractivity contribution in [2.75, 3.05) is 47.3 Å². The van der Waals surface area contributed by atoms with Crippen molar-refractivity contribution in [2.24, 2.45) is 0 Å². The van der Waals surface area contributed by atoms with E-state index in [0.29, 0.717) is 25.4 Å². The molecule has 20 heteroatoms. The number of fused-ring (bicyclic) bond motifs is 2. The molecule has 0 aromatic heterocycles. The Kier molecular flexibility index (Phi) is 50.6. The number of benzene rings is 5. The zero-order valence-corrected chi connectivity index (χ0v) is 53.2. The maximum Gasteiger partial charge on any atom is 2.00 e. The number of aliphatic hydroxyl groups is 2. The molecule has 79 heavy (non-hydrogen) atoms. The van der Waals surface area contributed by atoms with Gasteiger partial charge < -0.3 is 63.6 Å². The van der Waals surface area contributed by atoms with Crippen molar-refractivity contribution >= 4 is 99.1 Å². The van der Waals surface area contributed by atoms with E-state index < -0.39 is 23.0 Å². The van der Waals surface area contributed by atoms with Gasteiger partial charge in [-0.2, -0.15) is 0 Å². The number of ether oxygens (including phenoxy) is 6. The van der Waals surface area contributed by atoms with Crippen LogP contribution in [0.5, 0.6) is 28.7 Å². The first-order valence-electron chi connectivity index (χ1n) is 23.9. The van der Waals surface area contributed by atoms with Crippen LogP contribution in [0.4, 0.5) is 0 Å². The number of aliphatic carboxylic acids is 1. The van der Waals surface area contributed by atoms with Crippen molar-refractivity contribution in [1.29, 1.82) is 0 Å². The van der Waals surface area contributed by atoms with Gasteiger partial charge in [-0.15, -0.1) is 0 Å². The minimum Gasteiger partial charge on any atom is -1.00 e. The molecule has 0 saturated carbocycles. The molecule has 0 bridgehead atoms. The predicted octanol–water partition coefficient (Wildman–Crippen LogP) is 10.9. The quantitative estimate of drug-likeness (QED) is 0.0333. The van der Waals surface area contributed by atoms with E-state index in [-0.39, 0.29) is 97.6 Å². The Hall–Kier alpha value is -3.95. The van der Waals surface area contributed by atoms with Crippen LogP contribution in [0.25, 0.3) is 0 Å². The van der Waals surface area contributed by atoms with Crippen LogP contribution in [0.1, 0.15) is 116 Å². The Labute approximate surface area is 515 Å². The molecular formula is C59H82AlCl5MgO13. The van der Waals surface area contributed by atoms with Gasteiger partial charge in [0.05, 0.1) is 58.6 Å². The molecule has 0 amide bonds. The minimum absolute atomic E-state index is 0. The van der Waals surface area contributed by atoms with Crippen LogP contribution in [0.15, 0.2) is 133 Å². The number of esters is 1. The van der Waals surface area contributed by atoms with Gasteiger partial charge in [-0.05, 0) is 122 Å². The molecule has 5 aromatic rings. The second-order valence-electron chi connectivity index (χ2n) is 18.0. The first-order chi connectivity index (χ1) is 35.4. The van der Waals surface area contributed by atoms with Crippen LogP contribution >= 0.6 is 41.7 Å². The fourth-order valence-corrected chi connectivity index (χ4v) is 6.24. The van der Waals surface area contributed by atoms with E-state index in [4.69, 9.17) is 64.0 Å². The van der Waals surface area contributed by atoms with Gasteiger partial charge in [-0.1, -0.05) is 108 Å². The van der Waals surface area contributed by atoms with Crippen molar-refractivity contribution in [3.8, 4) is 28.7 Å². The standard InChI is InChI=1S/C13H16O2.C11H16O2.C11H14O.C10H12O3.C9H10O3.C2H3ClO.CH4O.CH4.CH3.Al.4ClH.Mg/c1-9(14)10-4-5-12-11(8-10)13(2,3)6-7-15-12;1-11(2,12)8-9-13-10-6-4-3-5-7-10;1-11(2)7-8-12-10-6-4-3-5-9(10)11;1-12-10(11)7-8-13-9-5-3-2-4-6-9;10-9(11)6-7-12-8-4-2-1-3-5-8;1-2(3)4;1-2;;;;;;;;/h4-5,8H,6-7H2,1-3H3;3-7,12H,8-9H2,1-2H3;3-6H,7-8H2,1-2H3;2-6H,7-8H2,1H3;1-5H,6-7H2,(H,10,11);1H3;2H,1H3;1H4;1H3;;4*1H;/q;;;;;;;;-1;+3;;;;;+2/p-4. The maximum atomic E-state index is 11.3. The molecule has 0 unspecified atom stereocenters. The van der Waals surface area contributed by atoms with Crippen LogP contribution in [0.3, 0.4) is 0 Å². The van der Waals surface area contributed by atoms with Gasteiger partial charge in [-0.25, -0.2) is 30.1 Å². The summed E-state index contributed by atoms with van der Waals surface area (Å²) in [6.45, 7) is 18.1. The molecule has 3 N–H and O–H groups in total. The molecule has 0 atom stereocenters. The average Bonchev–Trinajstić information content (AvgIpc) is 3.35. The summed E-state index contributed by atoms with van der Waals surface area (Å²) in [4.78, 5) is 41.3. The smallest absolute Gasteiger partial charge is 1.00 e. The molecule has 0 radical (unpaired) electrons. The third-order valence-corrected chi connectivity index (χ3v) is 10.3. The van der Waals surface area contributed by atoms with Gasteiger partial charge in [0.2, 0.25) is 5.24 Å². The Morgan fingerprint density at radius 3 is 1.35 bits per heavy atom. The number of halogens is 5. The van der Waals surface area contributed by atoms with Gasteiger partial charge >= 0.3 is 46.4 Å². The molecule has 7 rings (SSSR count). The second kappa shape index (κ2) is 47.7. The molecule has 2 heterocycles. The van der Waals surface area contributed by atoms with E-state index in [2.05, 4.69) is 62.2 Å². The van der Waals surface area contributed by atoms with Crippen LogP contribution < -0.4 is 36.1 Å². The van der Waals surface area contributed by atoms with Crippen LogP contribution in [0.2, 0.25) is 0 Å². The van der Waals surface area contributed by atoms with Crippen molar-refractivity contribution in [1.82, 2.24) is 0 Å². The molecular weight excluding hydrogens is 1150 g/mol. The van der Waals surface area contributed by atoms with Gasteiger partial charge in [0, 0.05) is 31.6 Å². The number of ketones is 1. The van der Waals surface area contributed by atoms with E-state index in [0.717, 1.165) is 67.3 Å². The van der Waals surface area contributed by atoms with E-state index in [9.17, 15) is 24.3 Å². The molecule has 2 aliphatic rings. The summed E-state index contributed by atoms with van der Waals surface area (Å²) in [5, 5.41) is 24.4. The van der Waals surface area contributed by atoms with Crippen LogP contribution in [0, 0.1) is 7.43 Å². The SMILES string of the molecule is C.CC(=O)Cl.CC(=O)c1ccc2c(c1)C(C)(C)CCO2.CC(C)(O)CCOc1ccccc1.CC1(C)CCOc2ccccc21.CO.COC(=O)CCOc1ccccc1.O=C(O)CCOc1ccccc1.[CH3-].[Cl-].[Cl][Al]([Cl])[Cl].[Mg+2]. The molecule has 13 nitrogen and oxygen atoms in total. The summed E-state index contributed by atoms with van der Waals surface area (Å²) in [6, 6.07) is 42.2. The minimum atomic E-state index is -1.72. The molecule has 436 valence electrons. The summed E-state index contributed by atoms with van der Waals surface area (Å²) in [6.07, 6.45) is 3.08. The summed E-state index contributed by atoms with van der Waals surface area (Å²) >= 11 is 2.91. The Bertz CT molecular complexity index is 2340. The molecule has 0 fully saturated rings. The summed E-state index contributed by atoms with van der Waals surface area (Å²) < 4.78 is 31.4. The summed E-state index contributed by atoms with van der Waals surface area (Å²) in [5.74, 6) is 3.34. The topological polar surface area (TPSA) is 184 Å². The van der Waals surface area contributed by atoms with Crippen molar-refractivity contribution in [3.05, 3.63) is 158 Å². The van der Waals surface area contributed by atoms with Gasteiger partial charge in [0.15, 0.2) is 5.78 Å². The third kappa shape index (κ3) is 42.5. The number of Topliss-reactive ketones (excluding diaryl/α,β-unsaturated/α-hetero) is 1. The number of aliphatic hydroxyl groups excluding tert-OH is 1. The number of carboxylic acid groups (broad SMARTS) is 1.